The fourth-order valence-corrected chi connectivity index (χ4v) is 2.90. The molecule has 1 aromatic heterocycles. The van der Waals surface area contributed by atoms with Gasteiger partial charge in [0.2, 0.25) is 5.91 Å². The van der Waals surface area contributed by atoms with Crippen LogP contribution in [0.5, 0.6) is 11.5 Å². The molecule has 0 bridgehead atoms. The van der Waals surface area contributed by atoms with E-state index in [1.807, 2.05) is 38.1 Å². The van der Waals surface area contributed by atoms with Crippen LogP contribution in [0.15, 0.2) is 36.4 Å². The second kappa shape index (κ2) is 8.51. The normalized spacial score (nSPS) is 11.7. The van der Waals surface area contributed by atoms with E-state index < -0.39 is 5.92 Å². The molecular weight excluding hydrogens is 358 g/mol. The van der Waals surface area contributed by atoms with Crippen molar-refractivity contribution in [1.82, 2.24) is 20.6 Å². The van der Waals surface area contributed by atoms with Crippen LogP contribution >= 0.6 is 0 Å². The molecule has 1 atom stereocenters. The van der Waals surface area contributed by atoms with Crippen molar-refractivity contribution in [3.63, 3.8) is 0 Å². The minimum atomic E-state index is -0.683. The number of amides is 1. The molecule has 1 heterocycles. The first-order chi connectivity index (χ1) is 13.5. The number of carbonyl (C=O) groups is 1. The Balaban J connectivity index is 1.90. The highest BCUT2D eigenvalue weighted by molar-refractivity contribution is 5.95. The van der Waals surface area contributed by atoms with E-state index in [4.69, 9.17) is 9.47 Å². The quantitative estimate of drug-likeness (QED) is 0.672. The molecule has 0 unspecified atom stereocenters. The number of aryl methyl sites for hydroxylation is 2. The molecule has 28 heavy (non-hydrogen) atoms. The van der Waals surface area contributed by atoms with Gasteiger partial charge in [-0.2, -0.15) is 5.21 Å². The fraction of sp³-hybridized carbons (Fsp3) is 0.300. The molecular formula is C20H22N5O3-. The van der Waals surface area contributed by atoms with Crippen molar-refractivity contribution in [3.05, 3.63) is 58.9 Å². The lowest BCUT2D eigenvalue weighted by Crippen LogP contribution is -2.24. The number of rotatable bonds is 7. The molecule has 2 aromatic carbocycles. The topological polar surface area (TPSA) is 100 Å². The van der Waals surface area contributed by atoms with E-state index in [-0.39, 0.29) is 11.7 Å². The molecule has 0 aliphatic carbocycles. The van der Waals surface area contributed by atoms with Gasteiger partial charge in [-0.1, -0.05) is 6.07 Å². The van der Waals surface area contributed by atoms with Crippen LogP contribution in [-0.4, -0.2) is 35.7 Å². The summed E-state index contributed by atoms with van der Waals surface area (Å²) in [6.45, 7) is 4.02. The third kappa shape index (κ3) is 4.28. The van der Waals surface area contributed by atoms with E-state index in [9.17, 15) is 4.79 Å². The summed E-state index contributed by atoms with van der Waals surface area (Å²) in [5.41, 5.74) is 3.76. The van der Waals surface area contributed by atoms with Crippen molar-refractivity contribution >= 4 is 11.6 Å². The summed E-state index contributed by atoms with van der Waals surface area (Å²) < 4.78 is 10.7. The lowest BCUT2D eigenvalue weighted by molar-refractivity contribution is -0.117. The van der Waals surface area contributed by atoms with Crippen molar-refractivity contribution in [1.29, 1.82) is 0 Å². The zero-order valence-electron chi connectivity index (χ0n) is 16.3. The SMILES string of the molecule is COc1ccc(OC)c(C[C@@H](C(=O)Nc2ccc(C)c(C)c2)c2nnn[n-]2)c1. The van der Waals surface area contributed by atoms with Crippen LogP contribution in [0.4, 0.5) is 5.69 Å². The standard InChI is InChI=1S/C20H23N5O3/c1-12-5-6-15(9-13(12)2)21-20(26)17(19-22-24-25-23-19)11-14-10-16(27-3)7-8-18(14)28-4/h5-10,17H,11H2,1-4H3,(H2,21,22,23,24,25,26)/p-1/t17-/m1/s1. The van der Waals surface area contributed by atoms with E-state index in [1.54, 1.807) is 26.4 Å². The Morgan fingerprint density at radius 3 is 2.57 bits per heavy atom. The number of aromatic nitrogens is 4. The van der Waals surface area contributed by atoms with E-state index in [0.717, 1.165) is 16.7 Å². The third-order valence-corrected chi connectivity index (χ3v) is 4.65. The average molecular weight is 380 g/mol. The lowest BCUT2D eigenvalue weighted by atomic mass is 9.96. The maximum absolute atomic E-state index is 13.0. The smallest absolute Gasteiger partial charge is 0.232 e. The van der Waals surface area contributed by atoms with E-state index >= 15 is 0 Å². The molecule has 0 saturated carbocycles. The summed E-state index contributed by atoms with van der Waals surface area (Å²) in [7, 11) is 3.17. The first-order valence-electron chi connectivity index (χ1n) is 8.79. The summed E-state index contributed by atoms with van der Waals surface area (Å²) in [5, 5.41) is 17.8. The van der Waals surface area contributed by atoms with Crippen LogP contribution < -0.4 is 19.9 Å². The van der Waals surface area contributed by atoms with Gasteiger partial charge >= 0.3 is 0 Å². The number of benzene rings is 2. The third-order valence-electron chi connectivity index (χ3n) is 4.65. The second-order valence-electron chi connectivity index (χ2n) is 6.46. The van der Waals surface area contributed by atoms with E-state index in [2.05, 4.69) is 25.9 Å². The van der Waals surface area contributed by atoms with Gasteiger partial charge in [0.15, 0.2) is 0 Å². The molecule has 0 spiro atoms. The van der Waals surface area contributed by atoms with Crippen molar-refractivity contribution in [2.45, 2.75) is 26.2 Å². The van der Waals surface area contributed by atoms with Crippen LogP contribution in [0.2, 0.25) is 0 Å². The molecule has 8 heteroatoms. The Kier molecular flexibility index (Phi) is 5.88. The van der Waals surface area contributed by atoms with Gasteiger partial charge in [0.1, 0.15) is 11.5 Å². The largest absolute Gasteiger partial charge is 0.497 e. The number of tetrazole rings is 1. The van der Waals surface area contributed by atoms with Crippen molar-refractivity contribution < 1.29 is 14.3 Å². The highest BCUT2D eigenvalue weighted by Crippen LogP contribution is 2.29. The van der Waals surface area contributed by atoms with Gasteiger partial charge in [0.05, 0.1) is 20.1 Å². The Hall–Kier alpha value is -3.42. The zero-order chi connectivity index (χ0) is 20.1. The number of carbonyl (C=O) groups excluding carboxylic acids is 1. The molecule has 0 aliphatic rings. The predicted molar refractivity (Wildman–Crippen MR) is 104 cm³/mol. The minimum absolute atomic E-state index is 0.247. The number of anilines is 1. The van der Waals surface area contributed by atoms with Crippen molar-refractivity contribution in [2.75, 3.05) is 19.5 Å². The van der Waals surface area contributed by atoms with Crippen molar-refractivity contribution in [2.24, 2.45) is 0 Å². The van der Waals surface area contributed by atoms with Crippen molar-refractivity contribution in [3.8, 4) is 11.5 Å². The average Bonchev–Trinajstić information content (AvgIpc) is 3.23. The molecule has 1 amide bonds. The maximum atomic E-state index is 13.0. The van der Waals surface area contributed by atoms with E-state index in [1.165, 1.54) is 0 Å². The molecule has 146 valence electrons. The Labute approximate surface area is 163 Å². The predicted octanol–water partition coefficient (Wildman–Crippen LogP) is 2.43. The number of hydrogen-bond acceptors (Lipinski definition) is 6. The number of ether oxygens (including phenoxy) is 2. The lowest BCUT2D eigenvalue weighted by Gasteiger charge is -2.19. The van der Waals surface area contributed by atoms with Gasteiger partial charge in [-0.3, -0.25) is 15.1 Å². The monoisotopic (exact) mass is 380 g/mol. The number of methoxy groups -OCH3 is 2. The van der Waals surface area contributed by atoms with Crippen LogP contribution in [-0.2, 0) is 11.2 Å². The Morgan fingerprint density at radius 2 is 1.93 bits per heavy atom. The van der Waals surface area contributed by atoms with Gasteiger partial charge in [-0.25, -0.2) is 0 Å². The van der Waals surface area contributed by atoms with Crippen LogP contribution in [0.3, 0.4) is 0 Å². The van der Waals surface area contributed by atoms with Crippen LogP contribution in [0.1, 0.15) is 28.4 Å². The molecule has 0 radical (unpaired) electrons. The Morgan fingerprint density at radius 1 is 1.11 bits per heavy atom. The summed E-state index contributed by atoms with van der Waals surface area (Å²) in [5.74, 6) is 0.646. The summed E-state index contributed by atoms with van der Waals surface area (Å²) in [6, 6.07) is 11.2. The van der Waals surface area contributed by atoms with Gasteiger partial charge in [-0.05, 0) is 67.3 Å². The molecule has 3 rings (SSSR count). The van der Waals surface area contributed by atoms with Gasteiger partial charge in [0.25, 0.3) is 0 Å². The molecule has 1 N–H and O–H groups in total. The first-order valence-corrected chi connectivity index (χ1v) is 8.79. The van der Waals surface area contributed by atoms with Gasteiger partial charge < -0.3 is 19.9 Å². The molecule has 0 fully saturated rings. The zero-order valence-corrected chi connectivity index (χ0v) is 16.3. The molecule has 8 nitrogen and oxygen atoms in total. The molecule has 3 aromatic rings. The van der Waals surface area contributed by atoms with Crippen LogP contribution in [0, 0.1) is 13.8 Å². The summed E-state index contributed by atoms with van der Waals surface area (Å²) >= 11 is 0. The minimum Gasteiger partial charge on any atom is -0.497 e. The molecule has 0 saturated heterocycles. The number of nitrogens with one attached hydrogen (secondary N) is 1. The fourth-order valence-electron chi connectivity index (χ4n) is 2.90. The van der Waals surface area contributed by atoms with E-state index in [0.29, 0.717) is 23.6 Å². The van der Waals surface area contributed by atoms with Crippen LogP contribution in [0.25, 0.3) is 0 Å². The highest BCUT2D eigenvalue weighted by atomic mass is 16.5. The summed E-state index contributed by atoms with van der Waals surface area (Å²) in [4.78, 5) is 13.0. The number of nitrogens with zero attached hydrogens (tertiary/aromatic N) is 4. The molecule has 0 aliphatic heterocycles. The highest BCUT2D eigenvalue weighted by Gasteiger charge is 2.23. The van der Waals surface area contributed by atoms with Gasteiger partial charge in [0, 0.05) is 11.5 Å². The summed E-state index contributed by atoms with van der Waals surface area (Å²) in [6.07, 6.45) is 0.310. The maximum Gasteiger partial charge on any atom is 0.232 e. The van der Waals surface area contributed by atoms with Gasteiger partial charge in [-0.15, -0.1) is 0 Å². The Bertz CT molecular complexity index is 956. The second-order valence-corrected chi connectivity index (χ2v) is 6.46. The first kappa shape index (κ1) is 19.3. The number of hydrogen-bond donors (Lipinski definition) is 1.